The molecule has 0 spiro atoms. The monoisotopic (exact) mass is 478 g/mol. The van der Waals surface area contributed by atoms with E-state index in [0.717, 1.165) is 30.5 Å². The zero-order valence-corrected chi connectivity index (χ0v) is 18.9. The van der Waals surface area contributed by atoms with E-state index in [0.29, 0.717) is 11.3 Å². The predicted octanol–water partition coefficient (Wildman–Crippen LogP) is 5.73. The molecule has 3 atom stereocenters. The number of alkyl halides is 3. The number of nitrogens with zero attached hydrogens (tertiary/aromatic N) is 1. The van der Waals surface area contributed by atoms with Gasteiger partial charge in [0.15, 0.2) is 6.10 Å². The first-order chi connectivity index (χ1) is 13.9. The second-order valence-electron chi connectivity index (χ2n) is 7.55. The fourth-order valence-corrected chi connectivity index (χ4v) is 4.66. The van der Waals surface area contributed by atoms with Gasteiger partial charge in [0.2, 0.25) is 0 Å². The van der Waals surface area contributed by atoms with Gasteiger partial charge in [-0.25, -0.2) is 5.01 Å². The normalized spacial score (nSPS) is 23.5. The highest BCUT2D eigenvalue weighted by atomic mass is 35.5. The Kier molecular flexibility index (Phi) is 8.64. The Morgan fingerprint density at radius 2 is 1.81 bits per heavy atom. The van der Waals surface area contributed by atoms with E-state index in [9.17, 15) is 13.2 Å². The van der Waals surface area contributed by atoms with Gasteiger partial charge in [-0.3, -0.25) is 5.43 Å². The fourth-order valence-electron chi connectivity index (χ4n) is 4.66. The van der Waals surface area contributed by atoms with Crippen LogP contribution in [0.15, 0.2) is 42.5 Å². The van der Waals surface area contributed by atoms with Gasteiger partial charge in [-0.15, -0.1) is 24.8 Å². The van der Waals surface area contributed by atoms with Gasteiger partial charge < -0.3 is 9.47 Å². The van der Waals surface area contributed by atoms with E-state index in [4.69, 9.17) is 9.47 Å². The molecule has 1 fully saturated rings. The van der Waals surface area contributed by atoms with Crippen LogP contribution in [0.3, 0.4) is 0 Å². The molecule has 2 aromatic carbocycles. The largest absolute Gasteiger partial charge is 0.496 e. The van der Waals surface area contributed by atoms with Crippen molar-refractivity contribution >= 4 is 24.8 Å². The minimum absolute atomic E-state index is 0. The van der Waals surface area contributed by atoms with E-state index >= 15 is 0 Å². The number of benzene rings is 2. The molecule has 1 N–H and O–H groups in total. The summed E-state index contributed by atoms with van der Waals surface area (Å²) < 4.78 is 51.1. The van der Waals surface area contributed by atoms with Gasteiger partial charge in [0.25, 0.3) is 0 Å². The molecule has 0 amide bonds. The van der Waals surface area contributed by atoms with Gasteiger partial charge >= 0.3 is 6.18 Å². The van der Waals surface area contributed by atoms with E-state index in [2.05, 4.69) is 22.6 Å². The zero-order chi connectivity index (χ0) is 20.6. The Hall–Kier alpha value is -1.51. The highest BCUT2D eigenvalue weighted by Crippen LogP contribution is 2.49. The van der Waals surface area contributed by atoms with Crippen LogP contribution >= 0.6 is 24.8 Å². The minimum atomic E-state index is -4.43. The minimum Gasteiger partial charge on any atom is -0.496 e. The average Bonchev–Trinajstić information content (AvgIpc) is 3.16. The molecule has 4 nitrogen and oxygen atoms in total. The van der Waals surface area contributed by atoms with Crippen molar-refractivity contribution in [1.82, 2.24) is 10.4 Å². The Bertz CT molecular complexity index is 868. The van der Waals surface area contributed by atoms with Gasteiger partial charge in [0.05, 0.1) is 19.8 Å². The molecule has 172 valence electrons. The molecule has 2 aromatic rings. The van der Waals surface area contributed by atoms with Gasteiger partial charge in [0.1, 0.15) is 5.75 Å². The smallest absolute Gasteiger partial charge is 0.418 e. The van der Waals surface area contributed by atoms with Crippen molar-refractivity contribution in [3.63, 3.8) is 0 Å². The van der Waals surface area contributed by atoms with E-state index in [1.807, 2.05) is 25.2 Å². The molecule has 4 rings (SSSR count). The number of methoxy groups -OCH3 is 1. The van der Waals surface area contributed by atoms with Crippen LogP contribution in [-0.2, 0) is 11.3 Å². The maximum absolute atomic E-state index is 13.5. The van der Waals surface area contributed by atoms with Crippen molar-refractivity contribution in [2.75, 3.05) is 20.7 Å². The van der Waals surface area contributed by atoms with E-state index in [-0.39, 0.29) is 48.9 Å². The topological polar surface area (TPSA) is 33.7 Å². The van der Waals surface area contributed by atoms with E-state index < -0.39 is 12.3 Å². The van der Waals surface area contributed by atoms with Crippen LogP contribution in [0.25, 0.3) is 0 Å². The van der Waals surface area contributed by atoms with Crippen molar-refractivity contribution < 1.29 is 22.6 Å². The van der Waals surface area contributed by atoms with Gasteiger partial charge in [0, 0.05) is 12.5 Å². The number of hydrogen-bond acceptors (Lipinski definition) is 4. The van der Waals surface area contributed by atoms with Crippen molar-refractivity contribution in [3.05, 3.63) is 64.7 Å². The molecule has 0 bridgehead atoms. The summed E-state index contributed by atoms with van der Waals surface area (Å²) in [4.78, 5) is 0. The summed E-state index contributed by atoms with van der Waals surface area (Å²) >= 11 is 0. The lowest BCUT2D eigenvalue weighted by molar-refractivity contribution is -0.219. The number of halogens is 5. The highest BCUT2D eigenvalue weighted by molar-refractivity contribution is 5.85. The lowest BCUT2D eigenvalue weighted by atomic mass is 9.79. The standard InChI is InChI=1S/C22H25F3N2O2.2ClH/c1-26-27-10-6-9-16(20(27)14-7-4-3-5-8-14)18-12-17-15(11-19(18)28-2)13-29-21(17)22(23,24)25;;/h3-5,7-8,11-12,16,20-21,26H,6,9-10,13H2,1-2H3;2*1H/t16-,20+,21?;;/m0../s1. The molecule has 1 saturated heterocycles. The van der Waals surface area contributed by atoms with Crippen LogP contribution in [0, 0.1) is 0 Å². The molecule has 0 aliphatic carbocycles. The van der Waals surface area contributed by atoms with Crippen molar-refractivity contribution in [2.24, 2.45) is 0 Å². The highest BCUT2D eigenvalue weighted by Gasteiger charge is 2.47. The first-order valence-electron chi connectivity index (χ1n) is 9.82. The number of rotatable bonds is 4. The van der Waals surface area contributed by atoms with Gasteiger partial charge in [-0.2, -0.15) is 13.2 Å². The van der Waals surface area contributed by atoms with Crippen LogP contribution in [0.1, 0.15) is 53.2 Å². The summed E-state index contributed by atoms with van der Waals surface area (Å²) in [6.07, 6.45) is -4.50. The molecular weight excluding hydrogens is 452 g/mol. The average molecular weight is 479 g/mol. The Balaban J connectivity index is 0.00000171. The molecular formula is C22H27Cl2F3N2O2. The summed E-state index contributed by atoms with van der Waals surface area (Å²) in [5.41, 5.74) is 5.95. The zero-order valence-electron chi connectivity index (χ0n) is 17.3. The maximum atomic E-state index is 13.5. The first kappa shape index (κ1) is 25.7. The fraction of sp³-hybridized carbons (Fsp3) is 0.455. The van der Waals surface area contributed by atoms with E-state index in [1.54, 1.807) is 19.2 Å². The summed E-state index contributed by atoms with van der Waals surface area (Å²) in [7, 11) is 3.45. The third kappa shape index (κ3) is 4.96. The maximum Gasteiger partial charge on any atom is 0.418 e. The number of hydrazine groups is 1. The molecule has 2 aliphatic heterocycles. The lowest BCUT2D eigenvalue weighted by Gasteiger charge is -2.42. The molecule has 9 heteroatoms. The Morgan fingerprint density at radius 1 is 1.10 bits per heavy atom. The van der Waals surface area contributed by atoms with Crippen LogP contribution in [0.2, 0.25) is 0 Å². The third-order valence-corrected chi connectivity index (χ3v) is 5.94. The number of hydrogen-bond donors (Lipinski definition) is 1. The second-order valence-corrected chi connectivity index (χ2v) is 7.55. The van der Waals surface area contributed by atoms with E-state index in [1.165, 1.54) is 0 Å². The Morgan fingerprint density at radius 3 is 2.42 bits per heavy atom. The number of ether oxygens (including phenoxy) is 2. The molecule has 2 aliphatic rings. The SMILES string of the molecule is CNN1CCC[C@@H](c2cc3c(cc2OC)COC3C(F)(F)F)[C@H]1c1ccccc1.Cl.Cl. The molecule has 0 radical (unpaired) electrons. The number of nitrogens with one attached hydrogen (secondary N) is 1. The van der Waals surface area contributed by atoms with Crippen molar-refractivity contribution in [2.45, 2.75) is 43.7 Å². The van der Waals surface area contributed by atoms with Gasteiger partial charge in [-0.05, 0) is 54.3 Å². The number of piperidine rings is 1. The third-order valence-electron chi connectivity index (χ3n) is 5.94. The predicted molar refractivity (Wildman–Crippen MR) is 118 cm³/mol. The van der Waals surface area contributed by atoms with Crippen LogP contribution < -0.4 is 10.2 Å². The number of fused-ring (bicyclic) bond motifs is 1. The summed E-state index contributed by atoms with van der Waals surface area (Å²) in [6.45, 7) is 0.819. The van der Waals surface area contributed by atoms with Crippen LogP contribution in [0.4, 0.5) is 13.2 Å². The second kappa shape index (κ2) is 10.4. The molecule has 2 heterocycles. The summed E-state index contributed by atoms with van der Waals surface area (Å²) in [5, 5.41) is 2.16. The molecule has 0 saturated carbocycles. The van der Waals surface area contributed by atoms with Crippen molar-refractivity contribution in [1.29, 1.82) is 0 Å². The van der Waals surface area contributed by atoms with Crippen molar-refractivity contribution in [3.8, 4) is 5.75 Å². The quantitative estimate of drug-likeness (QED) is 0.608. The van der Waals surface area contributed by atoms with Gasteiger partial charge in [-0.1, -0.05) is 30.3 Å². The van der Waals surface area contributed by atoms with Crippen LogP contribution in [0.5, 0.6) is 5.75 Å². The Labute approximate surface area is 192 Å². The summed E-state index contributed by atoms with van der Waals surface area (Å²) in [6, 6.07) is 13.4. The molecule has 1 unspecified atom stereocenters. The summed E-state index contributed by atoms with van der Waals surface area (Å²) in [5.74, 6) is 0.618. The molecule has 31 heavy (non-hydrogen) atoms. The first-order valence-corrected chi connectivity index (χ1v) is 9.82. The molecule has 0 aromatic heterocycles. The lowest BCUT2D eigenvalue weighted by Crippen LogP contribution is -2.44. The van der Waals surface area contributed by atoms with Crippen LogP contribution in [-0.4, -0.2) is 31.9 Å².